The van der Waals surface area contributed by atoms with Crippen LogP contribution in [0, 0.1) is 28.6 Å². The Morgan fingerprint density at radius 2 is 2.03 bits per heavy atom. The Hall–Kier alpha value is -1.85. The van der Waals surface area contributed by atoms with E-state index in [4.69, 9.17) is 4.42 Å². The molecule has 0 radical (unpaired) electrons. The molecule has 2 heterocycles. The summed E-state index contributed by atoms with van der Waals surface area (Å²) in [6.45, 7) is 4.50. The highest BCUT2D eigenvalue weighted by Gasteiger charge is 2.61. The van der Waals surface area contributed by atoms with E-state index in [1.54, 1.807) is 12.1 Å². The van der Waals surface area contributed by atoms with Crippen molar-refractivity contribution in [3.8, 4) is 0 Å². The number of nitrogens with zero attached hydrogens (tertiary/aromatic N) is 1. The molecule has 162 valence electrons. The van der Waals surface area contributed by atoms with E-state index in [1.165, 1.54) is 0 Å². The van der Waals surface area contributed by atoms with Crippen LogP contribution < -0.4 is 0 Å². The van der Waals surface area contributed by atoms with Gasteiger partial charge in [0, 0.05) is 23.9 Å². The maximum atomic E-state index is 12.2. The van der Waals surface area contributed by atoms with Crippen molar-refractivity contribution >= 4 is 12.0 Å². The molecule has 0 aromatic carbocycles. The van der Waals surface area contributed by atoms with Crippen LogP contribution >= 0.6 is 0 Å². The fourth-order valence-electron chi connectivity index (χ4n) is 7.48. The van der Waals surface area contributed by atoms with Crippen molar-refractivity contribution in [2.24, 2.45) is 28.6 Å². The fraction of sp³-hybridized carbons (Fsp3) is 0.640. The van der Waals surface area contributed by atoms with Gasteiger partial charge in [0.15, 0.2) is 0 Å². The molecule has 2 unspecified atom stereocenters. The number of rotatable bonds is 2. The highest BCUT2D eigenvalue weighted by Crippen LogP contribution is 2.65. The molecule has 5 nitrogen and oxygen atoms in total. The third-order valence-corrected chi connectivity index (χ3v) is 9.16. The number of likely N-dealkylation sites (N-methyl/N-ethyl adjacent to an activating group) is 1. The van der Waals surface area contributed by atoms with Gasteiger partial charge >= 0.3 is 0 Å². The first-order chi connectivity index (χ1) is 14.3. The Kier molecular flexibility index (Phi) is 4.57. The molecule has 1 amide bonds. The molecule has 0 saturated heterocycles. The minimum Gasteiger partial charge on any atom is -0.459 e. The number of aliphatic hydroxyl groups excluding tert-OH is 2. The molecule has 1 aliphatic heterocycles. The van der Waals surface area contributed by atoms with Crippen molar-refractivity contribution in [2.45, 2.75) is 64.7 Å². The summed E-state index contributed by atoms with van der Waals surface area (Å²) < 4.78 is 5.66. The van der Waals surface area contributed by atoms with E-state index in [2.05, 4.69) is 19.9 Å². The summed E-state index contributed by atoms with van der Waals surface area (Å²) in [6, 6.07) is 3.93. The van der Waals surface area contributed by atoms with E-state index in [0.29, 0.717) is 29.3 Å². The predicted octanol–water partition coefficient (Wildman–Crippen LogP) is 3.77. The third kappa shape index (κ3) is 2.71. The maximum Gasteiger partial charge on any atom is 0.246 e. The SMILES string of the molecule is CN1C(=O)C=C[C@@]2(C)C1CC[C@@H]1[C@H]2CC[C@]2(C)C(O)C(=Cc3ccc(CO)o3)C[C@@H]12. The van der Waals surface area contributed by atoms with Gasteiger partial charge in [-0.05, 0) is 79.7 Å². The number of hydrogen-bond acceptors (Lipinski definition) is 4. The Morgan fingerprint density at radius 1 is 1.23 bits per heavy atom. The van der Waals surface area contributed by atoms with Crippen molar-refractivity contribution in [1.29, 1.82) is 0 Å². The summed E-state index contributed by atoms with van der Waals surface area (Å²) in [7, 11) is 1.95. The molecule has 5 rings (SSSR count). The van der Waals surface area contributed by atoms with Gasteiger partial charge in [-0.2, -0.15) is 0 Å². The zero-order valence-corrected chi connectivity index (χ0v) is 18.2. The summed E-state index contributed by atoms with van der Waals surface area (Å²) in [5.41, 5.74) is 0.963. The van der Waals surface area contributed by atoms with Crippen LogP contribution in [-0.4, -0.2) is 40.2 Å². The van der Waals surface area contributed by atoms with Gasteiger partial charge in [0.2, 0.25) is 5.91 Å². The van der Waals surface area contributed by atoms with Crippen LogP contribution in [0.3, 0.4) is 0 Å². The van der Waals surface area contributed by atoms with Crippen molar-refractivity contribution in [3.05, 3.63) is 41.4 Å². The lowest BCUT2D eigenvalue weighted by atomic mass is 9.48. The molecule has 7 atom stereocenters. The van der Waals surface area contributed by atoms with Crippen molar-refractivity contribution in [1.82, 2.24) is 4.90 Å². The summed E-state index contributed by atoms with van der Waals surface area (Å²) >= 11 is 0. The van der Waals surface area contributed by atoms with Crippen LogP contribution in [0.15, 0.2) is 34.3 Å². The minimum atomic E-state index is -0.456. The van der Waals surface area contributed by atoms with E-state index in [9.17, 15) is 15.0 Å². The van der Waals surface area contributed by atoms with E-state index in [0.717, 1.165) is 37.7 Å². The lowest BCUT2D eigenvalue weighted by Gasteiger charge is -2.59. The topological polar surface area (TPSA) is 73.9 Å². The number of carbonyl (C=O) groups excluding carboxylic acids is 1. The number of carbonyl (C=O) groups is 1. The molecule has 4 aliphatic rings. The average Bonchev–Trinajstić information content (AvgIpc) is 3.28. The molecule has 0 spiro atoms. The zero-order valence-electron chi connectivity index (χ0n) is 18.2. The zero-order chi connectivity index (χ0) is 21.3. The van der Waals surface area contributed by atoms with Gasteiger partial charge in [-0.25, -0.2) is 0 Å². The summed E-state index contributed by atoms with van der Waals surface area (Å²) in [5, 5.41) is 20.6. The second-order valence-electron chi connectivity index (χ2n) is 10.5. The van der Waals surface area contributed by atoms with Crippen LogP contribution in [0.2, 0.25) is 0 Å². The normalized spacial score (nSPS) is 44.2. The van der Waals surface area contributed by atoms with Gasteiger partial charge < -0.3 is 19.5 Å². The van der Waals surface area contributed by atoms with Crippen LogP contribution in [0.4, 0.5) is 0 Å². The van der Waals surface area contributed by atoms with E-state index in [-0.39, 0.29) is 29.4 Å². The van der Waals surface area contributed by atoms with Gasteiger partial charge in [0.25, 0.3) is 0 Å². The van der Waals surface area contributed by atoms with Gasteiger partial charge in [-0.1, -0.05) is 19.9 Å². The predicted molar refractivity (Wildman–Crippen MR) is 114 cm³/mol. The largest absolute Gasteiger partial charge is 0.459 e. The lowest BCUT2D eigenvalue weighted by molar-refractivity contribution is -0.140. The number of fused-ring (bicyclic) bond motifs is 5. The van der Waals surface area contributed by atoms with Gasteiger partial charge in [-0.15, -0.1) is 0 Å². The van der Waals surface area contributed by atoms with E-state index in [1.807, 2.05) is 24.1 Å². The van der Waals surface area contributed by atoms with Crippen LogP contribution in [0.25, 0.3) is 6.08 Å². The second kappa shape index (κ2) is 6.83. The summed E-state index contributed by atoms with van der Waals surface area (Å²) in [6.07, 6.45) is 10.6. The molecule has 3 aliphatic carbocycles. The Morgan fingerprint density at radius 3 is 2.77 bits per heavy atom. The smallest absolute Gasteiger partial charge is 0.246 e. The highest BCUT2D eigenvalue weighted by molar-refractivity contribution is 5.89. The number of furan rings is 1. The first-order valence-electron chi connectivity index (χ1n) is 11.3. The van der Waals surface area contributed by atoms with Gasteiger partial charge in [-0.3, -0.25) is 4.79 Å². The molecule has 2 N–H and O–H groups in total. The molecule has 1 aromatic rings. The van der Waals surface area contributed by atoms with Gasteiger partial charge in [0.1, 0.15) is 18.1 Å². The van der Waals surface area contributed by atoms with E-state index >= 15 is 0 Å². The Labute approximate surface area is 178 Å². The fourth-order valence-corrected chi connectivity index (χ4v) is 7.48. The molecule has 3 saturated carbocycles. The Balaban J connectivity index is 1.46. The lowest BCUT2D eigenvalue weighted by Crippen LogP contribution is -2.59. The standard InChI is InChI=1S/C25H33NO4/c1-24-11-9-22(28)26(3)21(24)7-6-18-19(24)8-10-25(2)20(18)13-15(23(25)29)12-16-4-5-17(14-27)30-16/h4-5,9,11-12,18-21,23,27,29H,6-8,10,13-14H2,1-3H3/t18-,19-,20+,21?,23?,24-,25+/m1/s1. The first kappa shape index (κ1) is 20.1. The molecule has 5 heteroatoms. The summed E-state index contributed by atoms with van der Waals surface area (Å²) in [5.74, 6) is 2.92. The monoisotopic (exact) mass is 411 g/mol. The molecular formula is C25H33NO4. The second-order valence-corrected chi connectivity index (χ2v) is 10.5. The molecule has 3 fully saturated rings. The summed E-state index contributed by atoms with van der Waals surface area (Å²) in [4.78, 5) is 14.2. The number of hydrogen-bond donors (Lipinski definition) is 2. The average molecular weight is 412 g/mol. The third-order valence-electron chi connectivity index (χ3n) is 9.16. The molecule has 30 heavy (non-hydrogen) atoms. The van der Waals surface area contributed by atoms with Gasteiger partial charge in [0.05, 0.1) is 6.10 Å². The van der Waals surface area contributed by atoms with Crippen molar-refractivity contribution in [2.75, 3.05) is 7.05 Å². The molecule has 0 bridgehead atoms. The number of aliphatic hydroxyl groups is 2. The van der Waals surface area contributed by atoms with E-state index < -0.39 is 6.10 Å². The molecule has 1 aromatic heterocycles. The minimum absolute atomic E-state index is 0.0152. The van der Waals surface area contributed by atoms with Crippen molar-refractivity contribution in [3.63, 3.8) is 0 Å². The highest BCUT2D eigenvalue weighted by atomic mass is 16.4. The van der Waals surface area contributed by atoms with Crippen molar-refractivity contribution < 1.29 is 19.4 Å². The first-order valence-corrected chi connectivity index (χ1v) is 11.3. The maximum absolute atomic E-state index is 12.2. The van der Waals surface area contributed by atoms with Crippen LogP contribution in [0.1, 0.15) is 57.5 Å². The molecular weight excluding hydrogens is 378 g/mol. The van der Waals surface area contributed by atoms with Crippen LogP contribution in [0.5, 0.6) is 0 Å². The Bertz CT molecular complexity index is 916. The quantitative estimate of drug-likeness (QED) is 0.777. The number of amides is 1. The van der Waals surface area contributed by atoms with Crippen LogP contribution in [-0.2, 0) is 11.4 Å².